The van der Waals surface area contributed by atoms with Crippen molar-refractivity contribution in [3.05, 3.63) is 47.9 Å². The highest BCUT2D eigenvalue weighted by atomic mass is 16.5. The Morgan fingerprint density at radius 3 is 3.12 bits per heavy atom. The van der Waals surface area contributed by atoms with Crippen LogP contribution in [0.5, 0.6) is 0 Å². The van der Waals surface area contributed by atoms with E-state index in [1.165, 1.54) is 5.56 Å². The van der Waals surface area contributed by atoms with Gasteiger partial charge in [-0.05, 0) is 38.4 Å². The van der Waals surface area contributed by atoms with Crippen molar-refractivity contribution in [3.63, 3.8) is 0 Å². The predicted molar refractivity (Wildman–Crippen MR) is 87.4 cm³/mol. The third kappa shape index (κ3) is 3.05. The first-order chi connectivity index (χ1) is 11.6. The van der Waals surface area contributed by atoms with Crippen LogP contribution in [0.3, 0.4) is 0 Å². The SMILES string of the molecule is Cc1noc(CC2(O)CCCN(Cc3cnn4ccccc34)C2)n1. The van der Waals surface area contributed by atoms with Gasteiger partial charge in [-0.15, -0.1) is 0 Å². The van der Waals surface area contributed by atoms with E-state index in [2.05, 4.69) is 26.2 Å². The van der Waals surface area contributed by atoms with E-state index >= 15 is 0 Å². The number of β-amino-alcohol motifs (C(OH)–C–C–N with tert-alkyl or cyclic N) is 1. The molecule has 0 spiro atoms. The van der Waals surface area contributed by atoms with Crippen molar-refractivity contribution >= 4 is 5.52 Å². The molecule has 3 aromatic heterocycles. The van der Waals surface area contributed by atoms with E-state index in [1.54, 1.807) is 6.92 Å². The molecule has 7 heteroatoms. The topological polar surface area (TPSA) is 79.7 Å². The number of hydrogen-bond donors (Lipinski definition) is 1. The summed E-state index contributed by atoms with van der Waals surface area (Å²) in [5.41, 5.74) is 1.47. The highest BCUT2D eigenvalue weighted by Crippen LogP contribution is 2.26. The zero-order valence-electron chi connectivity index (χ0n) is 13.7. The van der Waals surface area contributed by atoms with Gasteiger partial charge in [-0.2, -0.15) is 10.1 Å². The molecule has 0 saturated carbocycles. The summed E-state index contributed by atoms with van der Waals surface area (Å²) in [5, 5.41) is 19.1. The van der Waals surface area contributed by atoms with E-state index < -0.39 is 5.60 Å². The Morgan fingerprint density at radius 2 is 2.29 bits per heavy atom. The summed E-state index contributed by atoms with van der Waals surface area (Å²) in [6, 6.07) is 6.06. The average molecular weight is 327 g/mol. The van der Waals surface area contributed by atoms with Gasteiger partial charge in [0, 0.05) is 24.8 Å². The fourth-order valence-corrected chi connectivity index (χ4v) is 3.53. The predicted octanol–water partition coefficient (Wildman–Crippen LogP) is 1.60. The van der Waals surface area contributed by atoms with Crippen molar-refractivity contribution in [1.29, 1.82) is 0 Å². The molecule has 3 aromatic rings. The molecular formula is C17H21N5O2. The number of hydrogen-bond acceptors (Lipinski definition) is 6. The highest BCUT2D eigenvalue weighted by Gasteiger charge is 2.35. The molecule has 7 nitrogen and oxygen atoms in total. The van der Waals surface area contributed by atoms with E-state index in [9.17, 15) is 5.11 Å². The average Bonchev–Trinajstić information content (AvgIpc) is 3.14. The first kappa shape index (κ1) is 15.3. The van der Waals surface area contributed by atoms with Crippen molar-refractivity contribution in [3.8, 4) is 0 Å². The quantitative estimate of drug-likeness (QED) is 0.784. The molecule has 0 amide bonds. The molecule has 0 aliphatic carbocycles. The van der Waals surface area contributed by atoms with Gasteiger partial charge in [-0.1, -0.05) is 11.2 Å². The fraction of sp³-hybridized carbons (Fsp3) is 0.471. The lowest BCUT2D eigenvalue weighted by atomic mass is 9.89. The van der Waals surface area contributed by atoms with E-state index in [0.29, 0.717) is 24.7 Å². The van der Waals surface area contributed by atoms with Crippen LogP contribution < -0.4 is 0 Å². The molecule has 4 rings (SSSR count). The number of aryl methyl sites for hydroxylation is 1. The number of fused-ring (bicyclic) bond motifs is 1. The highest BCUT2D eigenvalue weighted by molar-refractivity contribution is 5.53. The lowest BCUT2D eigenvalue weighted by Crippen LogP contribution is -2.49. The Labute approximate surface area is 139 Å². The van der Waals surface area contributed by atoms with Crippen molar-refractivity contribution in [2.45, 2.75) is 38.3 Å². The minimum atomic E-state index is -0.819. The molecule has 1 fully saturated rings. The Hall–Kier alpha value is -2.25. The molecule has 1 aliphatic heterocycles. The van der Waals surface area contributed by atoms with Crippen molar-refractivity contribution < 1.29 is 9.63 Å². The largest absolute Gasteiger partial charge is 0.388 e. The second-order valence-corrected chi connectivity index (χ2v) is 6.65. The first-order valence-electron chi connectivity index (χ1n) is 8.26. The molecule has 0 aromatic carbocycles. The standard InChI is InChI=1S/C17H21N5O2/c1-13-19-16(24-20-13)9-17(23)6-4-7-21(12-17)11-14-10-18-22-8-3-2-5-15(14)22/h2-3,5,8,10,23H,4,6-7,9,11-12H2,1H3. The molecule has 1 aliphatic rings. The first-order valence-corrected chi connectivity index (χ1v) is 8.26. The third-order valence-electron chi connectivity index (χ3n) is 4.58. The second kappa shape index (κ2) is 5.99. The Morgan fingerprint density at radius 1 is 1.38 bits per heavy atom. The van der Waals surface area contributed by atoms with Crippen LogP contribution in [-0.4, -0.2) is 48.5 Å². The smallest absolute Gasteiger partial charge is 0.229 e. The molecular weight excluding hydrogens is 306 g/mol. The minimum absolute atomic E-state index is 0.402. The van der Waals surface area contributed by atoms with Gasteiger partial charge in [0.15, 0.2) is 5.82 Å². The zero-order chi connectivity index (χ0) is 16.6. The second-order valence-electron chi connectivity index (χ2n) is 6.65. The van der Waals surface area contributed by atoms with Gasteiger partial charge < -0.3 is 9.63 Å². The number of rotatable bonds is 4. The summed E-state index contributed by atoms with van der Waals surface area (Å²) >= 11 is 0. The molecule has 1 saturated heterocycles. The van der Waals surface area contributed by atoms with Gasteiger partial charge in [0.05, 0.1) is 23.7 Å². The number of aliphatic hydroxyl groups is 1. The van der Waals surface area contributed by atoms with Crippen LogP contribution in [0, 0.1) is 6.92 Å². The van der Waals surface area contributed by atoms with Crippen LogP contribution in [0.15, 0.2) is 35.1 Å². The molecule has 4 heterocycles. The lowest BCUT2D eigenvalue weighted by molar-refractivity contribution is -0.0372. The van der Waals surface area contributed by atoms with Gasteiger partial charge in [0.1, 0.15) is 0 Å². The summed E-state index contributed by atoms with van der Waals surface area (Å²) in [6.45, 7) is 4.13. The van der Waals surface area contributed by atoms with Crippen molar-refractivity contribution in [1.82, 2.24) is 24.7 Å². The maximum absolute atomic E-state index is 11.0. The summed E-state index contributed by atoms with van der Waals surface area (Å²) in [7, 11) is 0. The summed E-state index contributed by atoms with van der Waals surface area (Å²) in [6.07, 6.45) is 5.95. The number of piperidine rings is 1. The van der Waals surface area contributed by atoms with E-state index in [4.69, 9.17) is 4.52 Å². The van der Waals surface area contributed by atoms with Crippen LogP contribution in [0.1, 0.15) is 30.1 Å². The Bertz CT molecular complexity index is 842. The molecule has 1 unspecified atom stereocenters. The van der Waals surface area contributed by atoms with Gasteiger partial charge in [-0.3, -0.25) is 4.90 Å². The molecule has 1 atom stereocenters. The molecule has 1 N–H and O–H groups in total. The third-order valence-corrected chi connectivity index (χ3v) is 4.58. The van der Waals surface area contributed by atoms with Crippen molar-refractivity contribution in [2.24, 2.45) is 0 Å². The van der Waals surface area contributed by atoms with Crippen LogP contribution >= 0.6 is 0 Å². The van der Waals surface area contributed by atoms with E-state index in [-0.39, 0.29) is 0 Å². The Kier molecular flexibility index (Phi) is 3.82. The van der Waals surface area contributed by atoms with Crippen LogP contribution in [0.4, 0.5) is 0 Å². The maximum atomic E-state index is 11.0. The fourth-order valence-electron chi connectivity index (χ4n) is 3.53. The minimum Gasteiger partial charge on any atom is -0.388 e. The molecule has 0 radical (unpaired) electrons. The monoisotopic (exact) mass is 327 g/mol. The molecule has 0 bridgehead atoms. The Balaban J connectivity index is 1.48. The summed E-state index contributed by atoms with van der Waals surface area (Å²) < 4.78 is 7.06. The normalized spacial score (nSPS) is 22.2. The summed E-state index contributed by atoms with van der Waals surface area (Å²) in [5.74, 6) is 1.11. The van der Waals surface area contributed by atoms with Gasteiger partial charge in [-0.25, -0.2) is 4.52 Å². The van der Waals surface area contributed by atoms with Gasteiger partial charge in [0.25, 0.3) is 0 Å². The lowest BCUT2D eigenvalue weighted by Gasteiger charge is -2.38. The van der Waals surface area contributed by atoms with Crippen molar-refractivity contribution in [2.75, 3.05) is 13.1 Å². The maximum Gasteiger partial charge on any atom is 0.229 e. The number of likely N-dealkylation sites (tertiary alicyclic amines) is 1. The van der Waals surface area contributed by atoms with E-state index in [1.807, 2.05) is 29.0 Å². The zero-order valence-corrected chi connectivity index (χ0v) is 13.7. The summed E-state index contributed by atoms with van der Waals surface area (Å²) in [4.78, 5) is 6.50. The van der Waals surface area contributed by atoms with E-state index in [0.717, 1.165) is 31.4 Å². The number of pyridine rings is 1. The van der Waals surface area contributed by atoms with Gasteiger partial charge >= 0.3 is 0 Å². The van der Waals surface area contributed by atoms with Crippen LogP contribution in [-0.2, 0) is 13.0 Å². The molecule has 126 valence electrons. The molecule has 24 heavy (non-hydrogen) atoms. The van der Waals surface area contributed by atoms with Gasteiger partial charge in [0.2, 0.25) is 5.89 Å². The van der Waals surface area contributed by atoms with Crippen LogP contribution in [0.25, 0.3) is 5.52 Å². The van der Waals surface area contributed by atoms with Crippen LogP contribution in [0.2, 0.25) is 0 Å². The number of nitrogens with zero attached hydrogens (tertiary/aromatic N) is 5. The number of aromatic nitrogens is 4.